The molecule has 19 heavy (non-hydrogen) atoms. The Morgan fingerprint density at radius 1 is 1.47 bits per heavy atom. The first-order valence-electron chi connectivity index (χ1n) is 5.63. The summed E-state index contributed by atoms with van der Waals surface area (Å²) in [5, 5.41) is 9.52. The van der Waals surface area contributed by atoms with Crippen LogP contribution in [0.4, 0.5) is 0 Å². The quantitative estimate of drug-likeness (QED) is 0.506. The molecule has 1 N–H and O–H groups in total. The number of aldehydes is 1. The fraction of sp³-hybridized carbons (Fsp3) is 0.286. The van der Waals surface area contributed by atoms with Gasteiger partial charge in [0.1, 0.15) is 6.42 Å². The molecule has 0 spiro atoms. The minimum absolute atomic E-state index is 0.0602. The number of carbonyl (C=O) groups is 2. The highest BCUT2D eigenvalue weighted by molar-refractivity contribution is 5.81. The molecule has 0 heterocycles. The van der Waals surface area contributed by atoms with Gasteiger partial charge in [-0.15, -0.1) is 0 Å². The van der Waals surface area contributed by atoms with Crippen LogP contribution in [0.15, 0.2) is 12.1 Å². The first kappa shape index (κ1) is 14.6. The zero-order valence-electron chi connectivity index (χ0n) is 10.7. The summed E-state index contributed by atoms with van der Waals surface area (Å²) in [6.45, 7) is 2.01. The molecular weight excluding hydrogens is 248 g/mol. The van der Waals surface area contributed by atoms with Crippen LogP contribution in [-0.2, 0) is 9.53 Å². The summed E-state index contributed by atoms with van der Waals surface area (Å²) in [6, 6.07) is 2.71. The average molecular weight is 262 g/mol. The Balaban J connectivity index is 2.97. The number of phenols is 1. The lowest BCUT2D eigenvalue weighted by Crippen LogP contribution is -2.01. The van der Waals surface area contributed by atoms with Crippen LogP contribution in [0.2, 0.25) is 0 Å². The van der Waals surface area contributed by atoms with Gasteiger partial charge in [0.25, 0.3) is 0 Å². The van der Waals surface area contributed by atoms with Gasteiger partial charge in [0, 0.05) is 17.2 Å². The minimum Gasteiger partial charge on any atom is -0.504 e. The van der Waals surface area contributed by atoms with Crippen molar-refractivity contribution in [3.63, 3.8) is 0 Å². The van der Waals surface area contributed by atoms with Crippen LogP contribution in [0, 0.1) is 11.8 Å². The van der Waals surface area contributed by atoms with Crippen molar-refractivity contribution in [3.8, 4) is 23.3 Å². The van der Waals surface area contributed by atoms with E-state index in [1.165, 1.54) is 19.2 Å². The van der Waals surface area contributed by atoms with E-state index in [4.69, 9.17) is 9.47 Å². The van der Waals surface area contributed by atoms with Crippen LogP contribution >= 0.6 is 0 Å². The Morgan fingerprint density at radius 3 is 2.79 bits per heavy atom. The molecule has 0 radical (unpaired) electrons. The molecule has 0 saturated carbocycles. The molecule has 1 rings (SSSR count). The molecule has 1 aromatic rings. The number of benzene rings is 1. The molecule has 0 aliphatic carbocycles. The van der Waals surface area contributed by atoms with E-state index < -0.39 is 5.97 Å². The zero-order valence-corrected chi connectivity index (χ0v) is 10.7. The van der Waals surface area contributed by atoms with Gasteiger partial charge >= 0.3 is 5.97 Å². The van der Waals surface area contributed by atoms with Gasteiger partial charge in [-0.2, -0.15) is 0 Å². The average Bonchev–Trinajstić information content (AvgIpc) is 2.40. The first-order valence-corrected chi connectivity index (χ1v) is 5.63. The van der Waals surface area contributed by atoms with E-state index in [1.54, 1.807) is 6.92 Å². The standard InChI is InChI=1S/C14H14O5/c1-3-19-14(17)6-4-5-10-8-13(18-2)12(16)7-11(10)9-15/h7-9,16H,3,6H2,1-2H3. The molecule has 0 unspecified atom stereocenters. The van der Waals surface area contributed by atoms with Crippen LogP contribution in [-0.4, -0.2) is 31.1 Å². The van der Waals surface area contributed by atoms with E-state index in [1.807, 2.05) is 0 Å². The third-order valence-corrected chi connectivity index (χ3v) is 2.24. The monoisotopic (exact) mass is 262 g/mol. The summed E-state index contributed by atoms with van der Waals surface area (Å²) in [7, 11) is 1.39. The molecule has 0 aromatic heterocycles. The van der Waals surface area contributed by atoms with E-state index >= 15 is 0 Å². The van der Waals surface area contributed by atoms with Gasteiger partial charge < -0.3 is 14.6 Å². The maximum atomic E-state index is 11.1. The van der Waals surface area contributed by atoms with Crippen molar-refractivity contribution in [3.05, 3.63) is 23.3 Å². The zero-order chi connectivity index (χ0) is 14.3. The SMILES string of the molecule is CCOC(=O)CC#Cc1cc(OC)c(O)cc1C=O. The predicted octanol–water partition coefficient (Wildman–Crippen LogP) is 1.52. The molecule has 100 valence electrons. The molecule has 0 saturated heterocycles. The van der Waals surface area contributed by atoms with Gasteiger partial charge in [-0.1, -0.05) is 11.8 Å². The van der Waals surface area contributed by atoms with E-state index in [0.29, 0.717) is 18.5 Å². The van der Waals surface area contributed by atoms with Crippen molar-refractivity contribution in [2.45, 2.75) is 13.3 Å². The van der Waals surface area contributed by atoms with Crippen molar-refractivity contribution in [2.75, 3.05) is 13.7 Å². The van der Waals surface area contributed by atoms with Gasteiger partial charge in [-0.3, -0.25) is 9.59 Å². The number of aromatic hydroxyl groups is 1. The summed E-state index contributed by atoms with van der Waals surface area (Å²) in [5.74, 6) is 4.95. The maximum Gasteiger partial charge on any atom is 0.317 e. The first-order chi connectivity index (χ1) is 9.12. The Morgan fingerprint density at radius 2 is 2.21 bits per heavy atom. The van der Waals surface area contributed by atoms with Crippen LogP contribution in [0.3, 0.4) is 0 Å². The normalized spacial score (nSPS) is 9.16. The highest BCUT2D eigenvalue weighted by atomic mass is 16.5. The molecule has 0 amide bonds. The largest absolute Gasteiger partial charge is 0.504 e. The Labute approximate surface area is 111 Å². The van der Waals surface area contributed by atoms with Crippen LogP contribution in [0.5, 0.6) is 11.5 Å². The number of rotatable bonds is 4. The van der Waals surface area contributed by atoms with Crippen molar-refractivity contribution < 1.29 is 24.2 Å². The van der Waals surface area contributed by atoms with Crippen LogP contribution < -0.4 is 4.74 Å². The lowest BCUT2D eigenvalue weighted by molar-refractivity contribution is -0.141. The molecule has 0 aliphatic rings. The van der Waals surface area contributed by atoms with E-state index in [-0.39, 0.29) is 23.5 Å². The summed E-state index contributed by atoms with van der Waals surface area (Å²) in [6.07, 6.45) is 0.517. The van der Waals surface area contributed by atoms with Crippen LogP contribution in [0.1, 0.15) is 29.3 Å². The predicted molar refractivity (Wildman–Crippen MR) is 68.2 cm³/mol. The smallest absolute Gasteiger partial charge is 0.317 e. The third kappa shape index (κ3) is 4.03. The van der Waals surface area contributed by atoms with Crippen molar-refractivity contribution in [2.24, 2.45) is 0 Å². The topological polar surface area (TPSA) is 72.8 Å². The Bertz CT molecular complexity index is 537. The lowest BCUT2D eigenvalue weighted by atomic mass is 10.1. The minimum atomic E-state index is -0.423. The summed E-state index contributed by atoms with van der Waals surface area (Å²) < 4.78 is 9.65. The summed E-state index contributed by atoms with van der Waals surface area (Å²) in [5.41, 5.74) is 0.614. The summed E-state index contributed by atoms with van der Waals surface area (Å²) in [4.78, 5) is 22.0. The molecule has 5 heteroatoms. The number of carbonyl (C=O) groups excluding carboxylic acids is 2. The molecule has 0 atom stereocenters. The molecule has 5 nitrogen and oxygen atoms in total. The Kier molecular flexibility index (Phi) is 5.42. The Hall–Kier alpha value is -2.48. The number of hydrogen-bond donors (Lipinski definition) is 1. The van der Waals surface area contributed by atoms with Gasteiger partial charge in [-0.05, 0) is 13.0 Å². The second kappa shape index (κ2) is 7.07. The molecule has 0 bridgehead atoms. The highest BCUT2D eigenvalue weighted by Gasteiger charge is 2.07. The number of hydrogen-bond acceptors (Lipinski definition) is 5. The van der Waals surface area contributed by atoms with Gasteiger partial charge in [-0.25, -0.2) is 0 Å². The van der Waals surface area contributed by atoms with E-state index in [2.05, 4.69) is 11.8 Å². The molecule has 0 fully saturated rings. The number of ether oxygens (including phenoxy) is 2. The fourth-order valence-electron chi connectivity index (χ4n) is 1.38. The maximum absolute atomic E-state index is 11.1. The fourth-order valence-corrected chi connectivity index (χ4v) is 1.38. The second-order valence-electron chi connectivity index (χ2n) is 3.51. The van der Waals surface area contributed by atoms with E-state index in [9.17, 15) is 14.7 Å². The van der Waals surface area contributed by atoms with E-state index in [0.717, 1.165) is 0 Å². The number of phenolic OH excluding ortho intramolecular Hbond substituents is 1. The third-order valence-electron chi connectivity index (χ3n) is 2.24. The van der Waals surface area contributed by atoms with Gasteiger partial charge in [0.05, 0.1) is 13.7 Å². The van der Waals surface area contributed by atoms with Gasteiger partial charge in [0.15, 0.2) is 17.8 Å². The lowest BCUT2D eigenvalue weighted by Gasteiger charge is -2.05. The number of methoxy groups -OCH3 is 1. The number of esters is 1. The van der Waals surface area contributed by atoms with Crippen molar-refractivity contribution >= 4 is 12.3 Å². The van der Waals surface area contributed by atoms with Crippen molar-refractivity contribution in [1.29, 1.82) is 0 Å². The molecule has 1 aromatic carbocycles. The molecular formula is C14H14O5. The molecule has 0 aliphatic heterocycles. The van der Waals surface area contributed by atoms with Crippen molar-refractivity contribution in [1.82, 2.24) is 0 Å². The second-order valence-corrected chi connectivity index (χ2v) is 3.51. The summed E-state index contributed by atoms with van der Waals surface area (Å²) >= 11 is 0. The van der Waals surface area contributed by atoms with Gasteiger partial charge in [0.2, 0.25) is 0 Å². The van der Waals surface area contributed by atoms with Crippen LogP contribution in [0.25, 0.3) is 0 Å². The highest BCUT2D eigenvalue weighted by Crippen LogP contribution is 2.28.